The van der Waals surface area contributed by atoms with E-state index in [-0.39, 0.29) is 18.3 Å². The number of esters is 1. The first kappa shape index (κ1) is 15.3. The largest absolute Gasteiger partial charge is 0.450 e. The predicted octanol–water partition coefficient (Wildman–Crippen LogP) is 2.82. The van der Waals surface area contributed by atoms with Gasteiger partial charge in [0.2, 0.25) is 5.76 Å². The Labute approximate surface area is 130 Å². The van der Waals surface area contributed by atoms with Gasteiger partial charge in [-0.3, -0.25) is 4.79 Å². The number of halogens is 1. The lowest BCUT2D eigenvalue weighted by atomic mass is 10.1. The summed E-state index contributed by atoms with van der Waals surface area (Å²) in [7, 11) is 0. The van der Waals surface area contributed by atoms with Crippen LogP contribution in [0.5, 0.6) is 0 Å². The van der Waals surface area contributed by atoms with Crippen molar-refractivity contribution in [1.82, 2.24) is 5.32 Å². The number of nitrogens with one attached hydrogen (secondary N) is 1. The first-order chi connectivity index (χ1) is 10.0. The zero-order valence-electron chi connectivity index (χ0n) is 11.4. The molecule has 0 aliphatic carbocycles. The number of ether oxygens (including phenoxy) is 1. The van der Waals surface area contributed by atoms with E-state index in [1.807, 2.05) is 31.2 Å². The molecule has 0 unspecified atom stereocenters. The number of aryl methyl sites for hydroxylation is 1. The maximum atomic E-state index is 11.6. The van der Waals surface area contributed by atoms with Crippen molar-refractivity contribution in [3.63, 3.8) is 0 Å². The molecule has 1 aromatic heterocycles. The highest BCUT2D eigenvalue weighted by Crippen LogP contribution is 2.14. The average molecular weight is 352 g/mol. The monoisotopic (exact) mass is 351 g/mol. The molecule has 0 saturated heterocycles. The fourth-order valence-electron chi connectivity index (χ4n) is 1.70. The summed E-state index contributed by atoms with van der Waals surface area (Å²) < 4.78 is 10.3. The number of carbonyl (C=O) groups excluding carboxylic acids is 2. The normalized spacial score (nSPS) is 10.2. The molecule has 2 aromatic rings. The van der Waals surface area contributed by atoms with Crippen LogP contribution in [0.3, 0.4) is 0 Å². The molecule has 21 heavy (non-hydrogen) atoms. The molecule has 0 radical (unpaired) electrons. The molecule has 1 aromatic carbocycles. The first-order valence-corrected chi connectivity index (χ1v) is 7.08. The molecular formula is C15H14BrNO4. The second kappa shape index (κ2) is 7.08. The molecular weight excluding hydrogens is 338 g/mol. The summed E-state index contributed by atoms with van der Waals surface area (Å²) in [4.78, 5) is 23.2. The van der Waals surface area contributed by atoms with Crippen molar-refractivity contribution in [2.75, 3.05) is 6.61 Å². The summed E-state index contributed by atoms with van der Waals surface area (Å²) in [5.41, 5.74) is 2.11. The number of furan rings is 1. The molecule has 0 atom stereocenters. The van der Waals surface area contributed by atoms with Gasteiger partial charge < -0.3 is 14.5 Å². The number of benzene rings is 1. The third-order valence-electron chi connectivity index (χ3n) is 2.68. The molecule has 0 spiro atoms. The second-order valence-electron chi connectivity index (χ2n) is 4.45. The van der Waals surface area contributed by atoms with Gasteiger partial charge in [-0.25, -0.2) is 4.79 Å². The molecule has 0 saturated carbocycles. The quantitative estimate of drug-likeness (QED) is 0.841. The molecule has 0 aliphatic heterocycles. The summed E-state index contributed by atoms with van der Waals surface area (Å²) in [6, 6.07) is 10.8. The highest BCUT2D eigenvalue weighted by atomic mass is 79.9. The topological polar surface area (TPSA) is 68.5 Å². The zero-order valence-corrected chi connectivity index (χ0v) is 13.0. The van der Waals surface area contributed by atoms with Crippen molar-refractivity contribution in [1.29, 1.82) is 0 Å². The molecule has 0 aliphatic rings. The highest BCUT2D eigenvalue weighted by Gasteiger charge is 2.13. The lowest BCUT2D eigenvalue weighted by Gasteiger charge is -2.06. The lowest BCUT2D eigenvalue weighted by molar-refractivity contribution is -0.124. The number of rotatable bonds is 5. The van der Waals surface area contributed by atoms with Crippen LogP contribution in [-0.2, 0) is 16.1 Å². The fourth-order valence-corrected chi connectivity index (χ4v) is 2.01. The van der Waals surface area contributed by atoms with Crippen molar-refractivity contribution >= 4 is 27.8 Å². The van der Waals surface area contributed by atoms with E-state index >= 15 is 0 Å². The number of hydrogen-bond acceptors (Lipinski definition) is 4. The van der Waals surface area contributed by atoms with E-state index in [0.717, 1.165) is 11.1 Å². The van der Waals surface area contributed by atoms with Gasteiger partial charge in [0.05, 0.1) is 0 Å². The van der Waals surface area contributed by atoms with Crippen LogP contribution in [0.2, 0.25) is 0 Å². The molecule has 0 fully saturated rings. The average Bonchev–Trinajstić information content (AvgIpc) is 2.89. The van der Waals surface area contributed by atoms with Gasteiger partial charge in [0.1, 0.15) is 0 Å². The van der Waals surface area contributed by atoms with Crippen molar-refractivity contribution in [3.8, 4) is 0 Å². The van der Waals surface area contributed by atoms with E-state index in [2.05, 4.69) is 21.2 Å². The Morgan fingerprint density at radius 2 is 2.10 bits per heavy atom. The van der Waals surface area contributed by atoms with Crippen LogP contribution in [-0.4, -0.2) is 18.5 Å². The number of hydrogen-bond donors (Lipinski definition) is 1. The second-order valence-corrected chi connectivity index (χ2v) is 5.23. The summed E-state index contributed by atoms with van der Waals surface area (Å²) in [6.45, 7) is 2.03. The van der Waals surface area contributed by atoms with Gasteiger partial charge in [0.25, 0.3) is 5.91 Å². The van der Waals surface area contributed by atoms with Crippen LogP contribution in [0.15, 0.2) is 45.5 Å². The van der Waals surface area contributed by atoms with Gasteiger partial charge in [-0.05, 0) is 40.5 Å². The van der Waals surface area contributed by atoms with Crippen molar-refractivity contribution in [3.05, 3.63) is 58.0 Å². The van der Waals surface area contributed by atoms with E-state index in [1.54, 1.807) is 6.07 Å². The zero-order chi connectivity index (χ0) is 15.2. The van der Waals surface area contributed by atoms with E-state index in [4.69, 9.17) is 9.15 Å². The Morgan fingerprint density at radius 1 is 1.29 bits per heavy atom. The van der Waals surface area contributed by atoms with Crippen molar-refractivity contribution < 1.29 is 18.7 Å². The maximum absolute atomic E-state index is 11.6. The Kier molecular flexibility index (Phi) is 5.16. The Hall–Kier alpha value is -2.08. The minimum absolute atomic E-state index is 0.0494. The van der Waals surface area contributed by atoms with Crippen molar-refractivity contribution in [2.45, 2.75) is 13.5 Å². The first-order valence-electron chi connectivity index (χ1n) is 6.29. The standard InChI is InChI=1S/C15H14BrNO4/c1-10-3-2-4-11(7-10)8-17-14(18)9-20-15(19)12-5-6-13(16)21-12/h2-7H,8-9H2,1H3,(H,17,18). The number of amides is 1. The van der Waals surface area contributed by atoms with E-state index in [9.17, 15) is 9.59 Å². The molecule has 0 bridgehead atoms. The maximum Gasteiger partial charge on any atom is 0.374 e. The number of carbonyl (C=O) groups is 2. The van der Waals surface area contributed by atoms with Gasteiger partial charge in [0, 0.05) is 6.54 Å². The van der Waals surface area contributed by atoms with Crippen LogP contribution >= 0.6 is 15.9 Å². The van der Waals surface area contributed by atoms with Crippen LogP contribution in [0.1, 0.15) is 21.7 Å². The van der Waals surface area contributed by atoms with Crippen LogP contribution in [0, 0.1) is 6.92 Å². The molecule has 2 rings (SSSR count). The van der Waals surface area contributed by atoms with Gasteiger partial charge in [-0.15, -0.1) is 0 Å². The Bertz CT molecular complexity index is 651. The van der Waals surface area contributed by atoms with Crippen LogP contribution < -0.4 is 5.32 Å². The minimum atomic E-state index is -0.675. The van der Waals surface area contributed by atoms with Gasteiger partial charge in [0.15, 0.2) is 11.3 Å². The van der Waals surface area contributed by atoms with Crippen molar-refractivity contribution in [2.24, 2.45) is 0 Å². The Balaban J connectivity index is 1.76. The van der Waals surface area contributed by atoms with Crippen LogP contribution in [0.25, 0.3) is 0 Å². The summed E-state index contributed by atoms with van der Waals surface area (Å²) >= 11 is 3.08. The Morgan fingerprint density at radius 3 is 2.76 bits per heavy atom. The van der Waals surface area contributed by atoms with Gasteiger partial charge in [-0.2, -0.15) is 0 Å². The van der Waals surface area contributed by atoms with E-state index in [0.29, 0.717) is 11.2 Å². The molecule has 1 N–H and O–H groups in total. The summed E-state index contributed by atoms with van der Waals surface area (Å²) in [5.74, 6) is -0.991. The fraction of sp³-hybridized carbons (Fsp3) is 0.200. The van der Waals surface area contributed by atoms with E-state index < -0.39 is 5.97 Å². The summed E-state index contributed by atoms with van der Waals surface area (Å²) in [5, 5.41) is 2.68. The van der Waals surface area contributed by atoms with Gasteiger partial charge >= 0.3 is 5.97 Å². The smallest absolute Gasteiger partial charge is 0.374 e. The summed E-state index contributed by atoms with van der Waals surface area (Å²) in [6.07, 6.45) is 0. The lowest BCUT2D eigenvalue weighted by Crippen LogP contribution is -2.28. The molecule has 5 nitrogen and oxygen atoms in total. The molecule has 1 heterocycles. The molecule has 6 heteroatoms. The van der Waals surface area contributed by atoms with E-state index in [1.165, 1.54) is 6.07 Å². The molecule has 1 amide bonds. The predicted molar refractivity (Wildman–Crippen MR) is 79.7 cm³/mol. The highest BCUT2D eigenvalue weighted by molar-refractivity contribution is 9.10. The van der Waals surface area contributed by atoms with Gasteiger partial charge in [-0.1, -0.05) is 29.8 Å². The SMILES string of the molecule is Cc1cccc(CNC(=O)COC(=O)c2ccc(Br)o2)c1. The minimum Gasteiger partial charge on any atom is -0.450 e. The third kappa shape index (κ3) is 4.75. The van der Waals surface area contributed by atoms with Crippen LogP contribution in [0.4, 0.5) is 0 Å². The third-order valence-corrected chi connectivity index (χ3v) is 3.11. The molecule has 110 valence electrons.